The Balaban J connectivity index is 0.00000450. The van der Waals surface area contributed by atoms with E-state index >= 15 is 0 Å². The molecule has 0 bridgehead atoms. The molecule has 1 saturated heterocycles. The fourth-order valence-corrected chi connectivity index (χ4v) is 4.03. The van der Waals surface area contributed by atoms with Crippen molar-refractivity contribution in [2.24, 2.45) is 5.16 Å². The third-order valence-corrected chi connectivity index (χ3v) is 5.42. The molecule has 2 rings (SSSR count). The Hall–Kier alpha value is -1.62. The number of Topliss-reactive ketones (excluding diaryl/α,β-unsaturated/α-hetero) is 1. The number of thiazole rings is 1. The first-order valence-corrected chi connectivity index (χ1v) is 10.4. The Labute approximate surface area is 201 Å². The number of carbonyl (C=O) groups excluding carboxylic acids is 4. The number of amides is 3. The molecule has 1 aliphatic rings. The zero-order chi connectivity index (χ0) is 21.9. The summed E-state index contributed by atoms with van der Waals surface area (Å²) in [6.45, 7) is 0.991. The second kappa shape index (κ2) is 10.6. The third-order valence-electron chi connectivity index (χ3n) is 3.52. The number of carbonyl (C=O) groups is 4. The zero-order valence-corrected chi connectivity index (χ0v) is 17.2. The summed E-state index contributed by atoms with van der Waals surface area (Å²) in [5.41, 5.74) is -0.437. The molecule has 2 atom stereocenters. The first kappa shape index (κ1) is 26.4. The summed E-state index contributed by atoms with van der Waals surface area (Å²) in [5.74, 6) is -3.83. The topological polar surface area (TPSA) is 184 Å². The Morgan fingerprint density at radius 2 is 2.07 bits per heavy atom. The van der Waals surface area contributed by atoms with E-state index in [-0.39, 0.29) is 50.6 Å². The van der Waals surface area contributed by atoms with Crippen molar-refractivity contribution < 1.29 is 37.0 Å². The standard InChI is InChI=1S/C13H14ClN5O8S2.Na.H/c1-5(20)10-9(12(23)19(10)29(24,25)26)17-11(22)8(18-27-2)6-4-28-13(15-6)16-7(21)3-14;;/h4,9-10H,3H2,1-2H3,(H,17,22)(H,15,16,21)(H,24,25,26);;/b18-8-;;. The molecular formula is C13H15ClN5NaO8S2. The van der Waals surface area contributed by atoms with Crippen molar-refractivity contribution in [3.05, 3.63) is 11.1 Å². The second-order valence-corrected chi connectivity index (χ2v) is 7.88. The molecule has 1 aliphatic heterocycles. The minimum atomic E-state index is -4.98. The molecule has 0 saturated carbocycles. The van der Waals surface area contributed by atoms with Crippen LogP contribution in [0.2, 0.25) is 0 Å². The van der Waals surface area contributed by atoms with Crippen LogP contribution in [-0.4, -0.2) is 106 Å². The number of β-lactam (4-membered cyclic amide) rings is 1. The molecule has 1 aromatic heterocycles. The van der Waals surface area contributed by atoms with Crippen molar-refractivity contribution >= 4 is 97.1 Å². The molecule has 0 aromatic carbocycles. The van der Waals surface area contributed by atoms with Gasteiger partial charge in [0.1, 0.15) is 30.8 Å². The summed E-state index contributed by atoms with van der Waals surface area (Å²) in [6, 6.07) is -3.16. The Kier molecular flexibility index (Phi) is 9.34. The van der Waals surface area contributed by atoms with Crippen molar-refractivity contribution in [1.29, 1.82) is 0 Å². The number of halogens is 1. The fourth-order valence-electron chi connectivity index (χ4n) is 2.36. The van der Waals surface area contributed by atoms with Gasteiger partial charge in [0.15, 0.2) is 16.6 Å². The van der Waals surface area contributed by atoms with Crippen LogP contribution in [0, 0.1) is 0 Å². The Morgan fingerprint density at radius 1 is 1.43 bits per heavy atom. The number of anilines is 1. The van der Waals surface area contributed by atoms with Gasteiger partial charge in [-0.05, 0) is 6.92 Å². The van der Waals surface area contributed by atoms with Crippen LogP contribution in [0.4, 0.5) is 5.13 Å². The van der Waals surface area contributed by atoms with Crippen LogP contribution in [0.15, 0.2) is 10.5 Å². The summed E-state index contributed by atoms with van der Waals surface area (Å²) < 4.78 is 31.5. The molecule has 2 unspecified atom stereocenters. The van der Waals surface area contributed by atoms with Gasteiger partial charge in [-0.1, -0.05) is 5.16 Å². The Morgan fingerprint density at radius 3 is 2.57 bits per heavy atom. The van der Waals surface area contributed by atoms with Crippen LogP contribution in [-0.2, 0) is 34.3 Å². The van der Waals surface area contributed by atoms with E-state index < -0.39 is 51.6 Å². The number of rotatable bonds is 8. The molecule has 3 amide bonds. The van der Waals surface area contributed by atoms with Crippen molar-refractivity contribution in [2.45, 2.75) is 19.0 Å². The monoisotopic (exact) mass is 491 g/mol. The van der Waals surface area contributed by atoms with Crippen LogP contribution in [0.1, 0.15) is 12.6 Å². The normalized spacial score (nSPS) is 18.7. The van der Waals surface area contributed by atoms with E-state index in [0.29, 0.717) is 0 Å². The number of oxime groups is 1. The van der Waals surface area contributed by atoms with Gasteiger partial charge in [-0.15, -0.1) is 22.9 Å². The summed E-state index contributed by atoms with van der Waals surface area (Å²) >= 11 is 6.33. The number of aromatic nitrogens is 1. The van der Waals surface area contributed by atoms with Gasteiger partial charge in [-0.25, -0.2) is 9.29 Å². The van der Waals surface area contributed by atoms with Gasteiger partial charge in [0.2, 0.25) is 5.91 Å². The van der Waals surface area contributed by atoms with Gasteiger partial charge in [-0.2, -0.15) is 8.42 Å². The van der Waals surface area contributed by atoms with Crippen molar-refractivity contribution in [1.82, 2.24) is 14.6 Å². The number of ketones is 1. The van der Waals surface area contributed by atoms with Gasteiger partial charge >= 0.3 is 39.9 Å². The predicted molar refractivity (Wildman–Crippen MR) is 107 cm³/mol. The van der Waals surface area contributed by atoms with Crippen molar-refractivity contribution in [3.63, 3.8) is 0 Å². The van der Waals surface area contributed by atoms with E-state index in [4.69, 9.17) is 16.2 Å². The van der Waals surface area contributed by atoms with E-state index in [9.17, 15) is 27.6 Å². The Bertz CT molecular complexity index is 997. The van der Waals surface area contributed by atoms with Crippen molar-refractivity contribution in [2.75, 3.05) is 18.3 Å². The second-order valence-electron chi connectivity index (χ2n) is 5.46. The summed E-state index contributed by atoms with van der Waals surface area (Å²) in [7, 11) is -3.83. The molecule has 1 aromatic rings. The average molecular weight is 492 g/mol. The maximum atomic E-state index is 12.5. The summed E-state index contributed by atoms with van der Waals surface area (Å²) in [5, 5.41) is 9.52. The molecule has 0 spiro atoms. The summed E-state index contributed by atoms with van der Waals surface area (Å²) in [6.07, 6.45) is 0. The number of alkyl halides is 1. The van der Waals surface area contributed by atoms with Crippen LogP contribution >= 0.6 is 22.9 Å². The van der Waals surface area contributed by atoms with Gasteiger partial charge < -0.3 is 15.5 Å². The van der Waals surface area contributed by atoms with Crippen LogP contribution in [0.3, 0.4) is 0 Å². The fraction of sp³-hybridized carbons (Fsp3) is 0.385. The van der Waals surface area contributed by atoms with Gasteiger partial charge in [0, 0.05) is 5.38 Å². The van der Waals surface area contributed by atoms with E-state index in [0.717, 1.165) is 25.4 Å². The maximum absolute atomic E-state index is 12.5. The molecule has 0 radical (unpaired) electrons. The van der Waals surface area contributed by atoms with Gasteiger partial charge in [-0.3, -0.25) is 23.7 Å². The molecule has 1 fully saturated rings. The van der Waals surface area contributed by atoms with E-state index in [2.05, 4.69) is 25.6 Å². The first-order valence-electron chi connectivity index (χ1n) is 7.56. The number of nitrogens with zero attached hydrogens (tertiary/aromatic N) is 3. The molecule has 13 nitrogen and oxygen atoms in total. The minimum absolute atomic E-state index is 0. The molecule has 3 N–H and O–H groups in total. The van der Waals surface area contributed by atoms with Crippen molar-refractivity contribution in [3.8, 4) is 0 Å². The quantitative estimate of drug-likeness (QED) is 0.0933. The summed E-state index contributed by atoms with van der Waals surface area (Å²) in [4.78, 5) is 56.1. The van der Waals surface area contributed by atoms with Gasteiger partial charge in [0.05, 0.1) is 0 Å². The van der Waals surface area contributed by atoms with Crippen LogP contribution < -0.4 is 10.6 Å². The van der Waals surface area contributed by atoms with E-state index in [1.165, 1.54) is 5.38 Å². The third kappa shape index (κ3) is 5.75. The number of nitrogens with one attached hydrogen (secondary N) is 2. The van der Waals surface area contributed by atoms with E-state index in [1.54, 1.807) is 0 Å². The first-order chi connectivity index (χ1) is 13.5. The average Bonchev–Trinajstić information content (AvgIpc) is 3.07. The van der Waals surface area contributed by atoms with Crippen LogP contribution in [0.5, 0.6) is 0 Å². The molecule has 17 heteroatoms. The number of hydrogen-bond acceptors (Lipinski definition) is 10. The van der Waals surface area contributed by atoms with E-state index in [1.807, 2.05) is 0 Å². The van der Waals surface area contributed by atoms with Gasteiger partial charge in [0.25, 0.3) is 11.8 Å². The number of hydrogen-bond donors (Lipinski definition) is 3. The predicted octanol–water partition coefficient (Wildman–Crippen LogP) is -1.89. The molecular weight excluding hydrogens is 477 g/mol. The molecule has 30 heavy (non-hydrogen) atoms. The zero-order valence-electron chi connectivity index (χ0n) is 14.8. The SMILES string of the molecule is CO/N=C(\C(=O)NC1C(=O)N(S(=O)(=O)O)C1C(C)=O)c1csc(NC(=O)CCl)n1.[NaH]. The van der Waals surface area contributed by atoms with Crippen LogP contribution in [0.25, 0.3) is 0 Å². The molecule has 0 aliphatic carbocycles. The molecule has 160 valence electrons. The molecule has 2 heterocycles.